The summed E-state index contributed by atoms with van der Waals surface area (Å²) in [6, 6.07) is 5.31. The van der Waals surface area contributed by atoms with Crippen molar-refractivity contribution in [1.82, 2.24) is 15.5 Å². The Kier molecular flexibility index (Phi) is 4.12. The van der Waals surface area contributed by atoms with E-state index in [-0.39, 0.29) is 12.3 Å². The number of fused-ring (bicyclic) bond motifs is 1. The lowest BCUT2D eigenvalue weighted by Crippen LogP contribution is -2.24. The molecule has 0 radical (unpaired) electrons. The monoisotopic (exact) mass is 261 g/mol. The van der Waals surface area contributed by atoms with Crippen LogP contribution in [0.15, 0.2) is 24.4 Å². The zero-order chi connectivity index (χ0) is 13.7. The SMILES string of the molecule is O=C(O)CCCCNC(=O)c1ccc2[nH]ncc2c1. The number of carboxylic acids is 1. The highest BCUT2D eigenvalue weighted by atomic mass is 16.4. The summed E-state index contributed by atoms with van der Waals surface area (Å²) in [6.45, 7) is 0.482. The third-order valence-corrected chi connectivity index (χ3v) is 2.81. The molecular weight excluding hydrogens is 246 g/mol. The van der Waals surface area contributed by atoms with Gasteiger partial charge in [0.2, 0.25) is 0 Å². The first-order valence-corrected chi connectivity index (χ1v) is 6.10. The number of aromatic nitrogens is 2. The lowest BCUT2D eigenvalue weighted by atomic mass is 10.1. The van der Waals surface area contributed by atoms with Crippen LogP contribution in [-0.2, 0) is 4.79 Å². The quantitative estimate of drug-likeness (QED) is 0.687. The first kappa shape index (κ1) is 13.1. The van der Waals surface area contributed by atoms with Crippen LogP contribution < -0.4 is 5.32 Å². The molecule has 0 bridgehead atoms. The number of aliphatic carboxylic acids is 1. The van der Waals surface area contributed by atoms with Crippen LogP contribution in [0.1, 0.15) is 29.6 Å². The number of benzene rings is 1. The molecule has 1 heterocycles. The second kappa shape index (κ2) is 5.99. The third kappa shape index (κ3) is 3.54. The van der Waals surface area contributed by atoms with Gasteiger partial charge in [-0.1, -0.05) is 0 Å². The van der Waals surface area contributed by atoms with Gasteiger partial charge in [0, 0.05) is 23.9 Å². The first-order chi connectivity index (χ1) is 9.16. The fourth-order valence-corrected chi connectivity index (χ4v) is 1.79. The van der Waals surface area contributed by atoms with E-state index in [0.717, 1.165) is 10.9 Å². The number of carbonyl (C=O) groups is 2. The summed E-state index contributed by atoms with van der Waals surface area (Å²) in [5.41, 5.74) is 1.46. The average molecular weight is 261 g/mol. The topological polar surface area (TPSA) is 95.1 Å². The molecule has 0 atom stereocenters. The first-order valence-electron chi connectivity index (χ1n) is 6.10. The van der Waals surface area contributed by atoms with Crippen LogP contribution in [0.4, 0.5) is 0 Å². The van der Waals surface area contributed by atoms with Gasteiger partial charge in [0.15, 0.2) is 0 Å². The predicted molar refractivity (Wildman–Crippen MR) is 69.9 cm³/mol. The van der Waals surface area contributed by atoms with Gasteiger partial charge in [-0.3, -0.25) is 14.7 Å². The normalized spacial score (nSPS) is 10.5. The van der Waals surface area contributed by atoms with Gasteiger partial charge in [0.05, 0.1) is 11.7 Å². The maximum Gasteiger partial charge on any atom is 0.303 e. The highest BCUT2D eigenvalue weighted by Gasteiger charge is 2.06. The van der Waals surface area contributed by atoms with Gasteiger partial charge in [0.25, 0.3) is 5.91 Å². The smallest absolute Gasteiger partial charge is 0.303 e. The van der Waals surface area contributed by atoms with Crippen molar-refractivity contribution in [3.63, 3.8) is 0 Å². The lowest BCUT2D eigenvalue weighted by Gasteiger charge is -2.04. The zero-order valence-electron chi connectivity index (χ0n) is 10.3. The minimum Gasteiger partial charge on any atom is -0.481 e. The Morgan fingerprint density at radius 3 is 2.95 bits per heavy atom. The van der Waals surface area contributed by atoms with E-state index in [9.17, 15) is 9.59 Å². The van der Waals surface area contributed by atoms with E-state index >= 15 is 0 Å². The van der Waals surface area contributed by atoms with Gasteiger partial charge in [0.1, 0.15) is 0 Å². The molecule has 0 aliphatic heterocycles. The van der Waals surface area contributed by atoms with Crippen molar-refractivity contribution in [2.75, 3.05) is 6.54 Å². The molecule has 0 saturated heterocycles. The second-order valence-corrected chi connectivity index (χ2v) is 4.28. The van der Waals surface area contributed by atoms with Crippen LogP contribution in [0, 0.1) is 0 Å². The van der Waals surface area contributed by atoms with Gasteiger partial charge in [-0.25, -0.2) is 0 Å². The largest absolute Gasteiger partial charge is 0.481 e. The summed E-state index contributed by atoms with van der Waals surface area (Å²) in [5.74, 6) is -0.963. The fraction of sp³-hybridized carbons (Fsp3) is 0.308. The molecule has 1 aromatic carbocycles. The number of amides is 1. The number of carbonyl (C=O) groups excluding carboxylic acids is 1. The van der Waals surface area contributed by atoms with E-state index < -0.39 is 5.97 Å². The third-order valence-electron chi connectivity index (χ3n) is 2.81. The number of nitrogens with one attached hydrogen (secondary N) is 2. The van der Waals surface area contributed by atoms with Crippen molar-refractivity contribution in [2.24, 2.45) is 0 Å². The van der Waals surface area contributed by atoms with Crippen molar-refractivity contribution in [2.45, 2.75) is 19.3 Å². The number of hydrogen-bond acceptors (Lipinski definition) is 3. The van der Waals surface area contributed by atoms with E-state index in [1.54, 1.807) is 18.3 Å². The molecule has 0 aliphatic carbocycles. The Balaban J connectivity index is 1.84. The van der Waals surface area contributed by atoms with Gasteiger partial charge in [-0.2, -0.15) is 5.10 Å². The Morgan fingerprint density at radius 1 is 1.32 bits per heavy atom. The number of unbranched alkanes of at least 4 members (excludes halogenated alkanes) is 1. The Bertz CT molecular complexity index is 592. The van der Waals surface area contributed by atoms with Crippen LogP contribution in [0.3, 0.4) is 0 Å². The van der Waals surface area contributed by atoms with Gasteiger partial charge < -0.3 is 10.4 Å². The van der Waals surface area contributed by atoms with Crippen LogP contribution >= 0.6 is 0 Å². The van der Waals surface area contributed by atoms with E-state index in [1.807, 2.05) is 6.07 Å². The second-order valence-electron chi connectivity index (χ2n) is 4.28. The van der Waals surface area contributed by atoms with Crippen LogP contribution in [0.2, 0.25) is 0 Å². The Morgan fingerprint density at radius 2 is 2.16 bits per heavy atom. The molecule has 3 N–H and O–H groups in total. The summed E-state index contributed by atoms with van der Waals surface area (Å²) < 4.78 is 0. The van der Waals surface area contributed by atoms with Crippen molar-refractivity contribution < 1.29 is 14.7 Å². The molecule has 1 amide bonds. The molecule has 6 heteroatoms. The molecular formula is C13H15N3O3. The number of nitrogens with zero attached hydrogens (tertiary/aromatic N) is 1. The van der Waals surface area contributed by atoms with E-state index in [2.05, 4.69) is 15.5 Å². The van der Waals surface area contributed by atoms with Crippen molar-refractivity contribution >= 4 is 22.8 Å². The summed E-state index contributed by atoms with van der Waals surface area (Å²) in [4.78, 5) is 22.2. The highest BCUT2D eigenvalue weighted by Crippen LogP contribution is 2.12. The molecule has 0 unspecified atom stereocenters. The lowest BCUT2D eigenvalue weighted by molar-refractivity contribution is -0.137. The predicted octanol–water partition coefficient (Wildman–Crippen LogP) is 1.55. The Labute approximate surface area is 109 Å². The number of hydrogen-bond donors (Lipinski definition) is 3. The summed E-state index contributed by atoms with van der Waals surface area (Å²) in [6.07, 6.45) is 3.03. The number of rotatable bonds is 6. The molecule has 0 fully saturated rings. The van der Waals surface area contributed by atoms with Crippen LogP contribution in [0.25, 0.3) is 10.9 Å². The summed E-state index contributed by atoms with van der Waals surface area (Å²) in [5, 5.41) is 18.8. The van der Waals surface area contributed by atoms with Crippen LogP contribution in [-0.4, -0.2) is 33.7 Å². The van der Waals surface area contributed by atoms with Crippen molar-refractivity contribution in [3.05, 3.63) is 30.0 Å². The zero-order valence-corrected chi connectivity index (χ0v) is 10.3. The molecule has 0 spiro atoms. The fourth-order valence-electron chi connectivity index (χ4n) is 1.79. The summed E-state index contributed by atoms with van der Waals surface area (Å²) in [7, 11) is 0. The number of carboxylic acid groups (broad SMARTS) is 1. The van der Waals surface area contributed by atoms with Crippen molar-refractivity contribution in [3.8, 4) is 0 Å². The van der Waals surface area contributed by atoms with E-state index in [0.29, 0.717) is 24.9 Å². The highest BCUT2D eigenvalue weighted by molar-refractivity contribution is 5.97. The molecule has 6 nitrogen and oxygen atoms in total. The van der Waals surface area contributed by atoms with Crippen LogP contribution in [0.5, 0.6) is 0 Å². The minimum absolute atomic E-state index is 0.136. The van der Waals surface area contributed by atoms with E-state index in [4.69, 9.17) is 5.11 Å². The Hall–Kier alpha value is -2.37. The molecule has 100 valence electrons. The standard InChI is InChI=1S/C13H15N3O3/c17-12(18)3-1-2-6-14-13(19)9-4-5-11-10(7-9)8-15-16-11/h4-5,7-8H,1-3,6H2,(H,14,19)(H,15,16)(H,17,18). The molecule has 19 heavy (non-hydrogen) atoms. The molecule has 1 aromatic heterocycles. The number of aromatic amines is 1. The number of H-pyrrole nitrogens is 1. The maximum absolute atomic E-state index is 11.8. The molecule has 0 saturated carbocycles. The van der Waals surface area contributed by atoms with Gasteiger partial charge in [-0.15, -0.1) is 0 Å². The van der Waals surface area contributed by atoms with Gasteiger partial charge >= 0.3 is 5.97 Å². The average Bonchev–Trinajstić information content (AvgIpc) is 2.84. The molecule has 0 aliphatic rings. The van der Waals surface area contributed by atoms with E-state index in [1.165, 1.54) is 0 Å². The minimum atomic E-state index is -0.809. The molecule has 2 rings (SSSR count). The summed E-state index contributed by atoms with van der Waals surface area (Å²) >= 11 is 0. The van der Waals surface area contributed by atoms with Crippen molar-refractivity contribution in [1.29, 1.82) is 0 Å². The van der Waals surface area contributed by atoms with Gasteiger partial charge in [-0.05, 0) is 31.0 Å². The molecule has 2 aromatic rings. The maximum atomic E-state index is 11.8.